The van der Waals surface area contributed by atoms with Gasteiger partial charge in [0.15, 0.2) is 0 Å². The first-order chi connectivity index (χ1) is 10.3. The van der Waals surface area contributed by atoms with E-state index in [-0.39, 0.29) is 5.04 Å². The van der Waals surface area contributed by atoms with E-state index in [9.17, 15) is 0 Å². The molecule has 1 nitrogen and oxygen atoms in total. The Kier molecular flexibility index (Phi) is 3.52. The second-order valence-corrected chi connectivity index (χ2v) is 12.2. The molecule has 0 unspecified atom stereocenters. The lowest BCUT2D eigenvalue weighted by Crippen LogP contribution is -2.43. The molecular weight excluding hydrogens is 284 g/mol. The smallest absolute Gasteiger partial charge is 0.250 e. The van der Waals surface area contributed by atoms with Gasteiger partial charge in [-0.2, -0.15) is 0 Å². The van der Waals surface area contributed by atoms with Gasteiger partial charge in [-0.15, -0.1) is 0 Å². The summed E-state index contributed by atoms with van der Waals surface area (Å²) in [5.74, 6) is 1.02. The second-order valence-electron chi connectivity index (χ2n) is 7.50. The minimum absolute atomic E-state index is 0.200. The van der Waals surface area contributed by atoms with Gasteiger partial charge >= 0.3 is 0 Å². The molecule has 2 heteroatoms. The van der Waals surface area contributed by atoms with Crippen LogP contribution in [0.1, 0.15) is 20.8 Å². The summed E-state index contributed by atoms with van der Waals surface area (Å²) in [7, 11) is -1.83. The van der Waals surface area contributed by atoms with E-state index < -0.39 is 8.32 Å². The Balaban J connectivity index is 2.18. The SMILES string of the molecule is CC(C)(C)[Si](C)(C)Oc1cccc2c1ccc1ccccc12. The molecule has 0 bridgehead atoms. The number of rotatable bonds is 2. The first-order valence-corrected chi connectivity index (χ1v) is 10.8. The summed E-state index contributed by atoms with van der Waals surface area (Å²) in [6, 6.07) is 19.3. The number of hydrogen-bond donors (Lipinski definition) is 0. The molecule has 0 saturated carbocycles. The maximum Gasteiger partial charge on any atom is 0.250 e. The van der Waals surface area contributed by atoms with Gasteiger partial charge in [0, 0.05) is 5.39 Å². The van der Waals surface area contributed by atoms with Crippen LogP contribution in [0.25, 0.3) is 21.5 Å². The predicted octanol–water partition coefficient (Wildman–Crippen LogP) is 6.38. The van der Waals surface area contributed by atoms with E-state index in [1.54, 1.807) is 0 Å². The van der Waals surface area contributed by atoms with Gasteiger partial charge in [0.25, 0.3) is 8.32 Å². The zero-order chi connectivity index (χ0) is 16.0. The molecule has 0 radical (unpaired) electrons. The van der Waals surface area contributed by atoms with E-state index in [0.29, 0.717) is 0 Å². The molecule has 0 heterocycles. The monoisotopic (exact) mass is 308 g/mol. The Morgan fingerprint density at radius 1 is 0.727 bits per heavy atom. The Labute approximate surface area is 134 Å². The van der Waals surface area contributed by atoms with Crippen molar-refractivity contribution >= 4 is 29.9 Å². The van der Waals surface area contributed by atoms with Gasteiger partial charge in [-0.1, -0.05) is 69.3 Å². The molecule has 0 aliphatic carbocycles. The first kappa shape index (κ1) is 15.1. The third-order valence-corrected chi connectivity index (χ3v) is 9.26. The Hall–Kier alpha value is -1.80. The molecule has 3 aromatic carbocycles. The summed E-state index contributed by atoms with van der Waals surface area (Å²) in [6.45, 7) is 11.4. The van der Waals surface area contributed by atoms with Crippen LogP contribution in [0.2, 0.25) is 18.1 Å². The van der Waals surface area contributed by atoms with Crippen LogP contribution in [0, 0.1) is 0 Å². The van der Waals surface area contributed by atoms with Crippen LogP contribution in [-0.2, 0) is 0 Å². The second kappa shape index (κ2) is 5.13. The van der Waals surface area contributed by atoms with Crippen molar-refractivity contribution in [3.8, 4) is 5.75 Å². The largest absolute Gasteiger partial charge is 0.543 e. The van der Waals surface area contributed by atoms with Crippen LogP contribution in [0.4, 0.5) is 0 Å². The minimum Gasteiger partial charge on any atom is -0.543 e. The molecule has 3 aromatic rings. The molecule has 114 valence electrons. The lowest BCUT2D eigenvalue weighted by atomic mass is 10.0. The van der Waals surface area contributed by atoms with E-state index >= 15 is 0 Å². The molecular formula is C20H24OSi. The third kappa shape index (κ3) is 2.52. The fourth-order valence-electron chi connectivity index (χ4n) is 2.53. The summed E-state index contributed by atoms with van der Waals surface area (Å²) in [4.78, 5) is 0. The van der Waals surface area contributed by atoms with E-state index in [1.165, 1.54) is 21.5 Å². The molecule has 3 rings (SSSR count). The third-order valence-electron chi connectivity index (χ3n) is 4.92. The van der Waals surface area contributed by atoms with Crippen LogP contribution in [-0.4, -0.2) is 8.32 Å². The van der Waals surface area contributed by atoms with Crippen molar-refractivity contribution in [3.63, 3.8) is 0 Å². The van der Waals surface area contributed by atoms with Crippen LogP contribution in [0.5, 0.6) is 5.75 Å². The highest BCUT2D eigenvalue weighted by Gasteiger charge is 2.39. The summed E-state index contributed by atoms with van der Waals surface area (Å²) in [5.41, 5.74) is 0. The lowest BCUT2D eigenvalue weighted by Gasteiger charge is -2.36. The van der Waals surface area contributed by atoms with Gasteiger partial charge < -0.3 is 4.43 Å². The van der Waals surface area contributed by atoms with Crippen LogP contribution in [0.3, 0.4) is 0 Å². The van der Waals surface area contributed by atoms with E-state index in [1.807, 2.05) is 0 Å². The molecule has 0 spiro atoms. The maximum atomic E-state index is 6.57. The number of benzene rings is 3. The molecule has 0 amide bonds. The Morgan fingerprint density at radius 2 is 1.41 bits per heavy atom. The normalized spacial score (nSPS) is 12.8. The molecule has 0 aliphatic heterocycles. The fraction of sp³-hybridized carbons (Fsp3) is 0.300. The quantitative estimate of drug-likeness (QED) is 0.394. The van der Waals surface area contributed by atoms with Crippen molar-refractivity contribution in [1.29, 1.82) is 0 Å². The summed E-state index contributed by atoms with van der Waals surface area (Å²) >= 11 is 0. The van der Waals surface area contributed by atoms with Crippen LogP contribution < -0.4 is 4.43 Å². The maximum absolute atomic E-state index is 6.57. The van der Waals surface area contributed by atoms with Gasteiger partial charge in [0.1, 0.15) is 5.75 Å². The summed E-state index contributed by atoms with van der Waals surface area (Å²) in [5, 5.41) is 5.26. The van der Waals surface area contributed by atoms with Crippen molar-refractivity contribution < 1.29 is 4.43 Å². The molecule has 0 atom stereocenters. The van der Waals surface area contributed by atoms with Crippen molar-refractivity contribution in [1.82, 2.24) is 0 Å². The highest BCUT2D eigenvalue weighted by atomic mass is 28.4. The van der Waals surface area contributed by atoms with Crippen molar-refractivity contribution in [3.05, 3.63) is 54.6 Å². The first-order valence-electron chi connectivity index (χ1n) is 7.89. The Morgan fingerprint density at radius 3 is 2.14 bits per heavy atom. The molecule has 0 saturated heterocycles. The summed E-state index contributed by atoms with van der Waals surface area (Å²) < 4.78 is 6.57. The van der Waals surface area contributed by atoms with E-state index in [0.717, 1.165) is 5.75 Å². The van der Waals surface area contributed by atoms with Gasteiger partial charge in [0.2, 0.25) is 0 Å². The number of fused-ring (bicyclic) bond motifs is 3. The van der Waals surface area contributed by atoms with E-state index in [2.05, 4.69) is 88.5 Å². The molecule has 0 aliphatic rings. The summed E-state index contributed by atoms with van der Waals surface area (Å²) in [6.07, 6.45) is 0. The zero-order valence-corrected chi connectivity index (χ0v) is 15.1. The van der Waals surface area contributed by atoms with Gasteiger partial charge in [-0.05, 0) is 40.4 Å². The predicted molar refractivity (Wildman–Crippen MR) is 99.3 cm³/mol. The van der Waals surface area contributed by atoms with E-state index in [4.69, 9.17) is 4.43 Å². The van der Waals surface area contributed by atoms with Gasteiger partial charge in [-0.3, -0.25) is 0 Å². The topological polar surface area (TPSA) is 9.23 Å². The van der Waals surface area contributed by atoms with Gasteiger partial charge in [-0.25, -0.2) is 0 Å². The van der Waals surface area contributed by atoms with Crippen LogP contribution >= 0.6 is 0 Å². The molecule has 0 fully saturated rings. The fourth-order valence-corrected chi connectivity index (χ4v) is 3.56. The average Bonchev–Trinajstić information content (AvgIpc) is 2.46. The minimum atomic E-state index is -1.83. The van der Waals surface area contributed by atoms with Gasteiger partial charge in [0.05, 0.1) is 0 Å². The molecule has 0 aromatic heterocycles. The van der Waals surface area contributed by atoms with Crippen molar-refractivity contribution in [2.75, 3.05) is 0 Å². The Bertz CT molecular complexity index is 828. The van der Waals surface area contributed by atoms with Crippen molar-refractivity contribution in [2.24, 2.45) is 0 Å². The highest BCUT2D eigenvalue weighted by molar-refractivity contribution is 6.74. The van der Waals surface area contributed by atoms with Crippen LogP contribution in [0.15, 0.2) is 54.6 Å². The molecule has 0 N–H and O–H groups in total. The lowest BCUT2D eigenvalue weighted by molar-refractivity contribution is 0.496. The van der Waals surface area contributed by atoms with Crippen molar-refractivity contribution in [2.45, 2.75) is 38.9 Å². The highest BCUT2D eigenvalue weighted by Crippen LogP contribution is 2.40. The molecule has 22 heavy (non-hydrogen) atoms. The standard InChI is InChI=1S/C20H24OSi/c1-20(2,3)22(4,5)21-19-12-8-11-17-16-10-7-6-9-15(16)13-14-18(17)19/h6-14H,1-5H3. The number of hydrogen-bond acceptors (Lipinski definition) is 1. The average molecular weight is 308 g/mol. The zero-order valence-electron chi connectivity index (χ0n) is 14.1.